The molecule has 20 heavy (non-hydrogen) atoms. The summed E-state index contributed by atoms with van der Waals surface area (Å²) in [4.78, 5) is 0. The third kappa shape index (κ3) is 2.91. The van der Waals surface area contributed by atoms with E-state index in [4.69, 9.17) is 0 Å². The maximum atomic E-state index is 4.18. The first kappa shape index (κ1) is 13.3. The SMILES string of the molecule is CCCNc1nnc(CSc2nnc3ccccn23)s1. The quantitative estimate of drug-likeness (QED) is 0.706. The topological polar surface area (TPSA) is 68.0 Å². The van der Waals surface area contributed by atoms with Gasteiger partial charge in [0.1, 0.15) is 5.01 Å². The summed E-state index contributed by atoms with van der Waals surface area (Å²) >= 11 is 3.20. The van der Waals surface area contributed by atoms with Gasteiger partial charge in [-0.05, 0) is 18.6 Å². The lowest BCUT2D eigenvalue weighted by Gasteiger charge is -1.97. The van der Waals surface area contributed by atoms with Gasteiger partial charge in [0.15, 0.2) is 10.8 Å². The van der Waals surface area contributed by atoms with E-state index in [0.29, 0.717) is 0 Å². The van der Waals surface area contributed by atoms with E-state index in [9.17, 15) is 0 Å². The van der Waals surface area contributed by atoms with E-state index in [0.717, 1.165) is 39.7 Å². The van der Waals surface area contributed by atoms with Gasteiger partial charge in [-0.25, -0.2) is 0 Å². The van der Waals surface area contributed by atoms with Crippen LogP contribution < -0.4 is 5.32 Å². The molecule has 0 saturated heterocycles. The normalized spacial score (nSPS) is 11.1. The van der Waals surface area contributed by atoms with Crippen molar-refractivity contribution in [1.82, 2.24) is 24.8 Å². The maximum Gasteiger partial charge on any atom is 0.205 e. The Kier molecular flexibility index (Phi) is 4.12. The molecule has 104 valence electrons. The van der Waals surface area contributed by atoms with E-state index >= 15 is 0 Å². The Labute approximate surface area is 124 Å². The molecule has 0 saturated carbocycles. The highest BCUT2D eigenvalue weighted by atomic mass is 32.2. The van der Waals surface area contributed by atoms with Crippen molar-refractivity contribution >= 4 is 33.9 Å². The van der Waals surface area contributed by atoms with Crippen molar-refractivity contribution < 1.29 is 0 Å². The number of nitrogens with one attached hydrogen (secondary N) is 1. The predicted octanol–water partition coefficient (Wildman–Crippen LogP) is 2.70. The summed E-state index contributed by atoms with van der Waals surface area (Å²) in [6, 6.07) is 5.86. The van der Waals surface area contributed by atoms with Gasteiger partial charge in [0.05, 0.1) is 5.75 Å². The fourth-order valence-corrected chi connectivity index (χ4v) is 3.34. The number of hydrogen-bond donors (Lipinski definition) is 1. The van der Waals surface area contributed by atoms with Crippen LogP contribution >= 0.6 is 23.1 Å². The van der Waals surface area contributed by atoms with Crippen molar-refractivity contribution in [2.45, 2.75) is 24.3 Å². The molecule has 1 N–H and O–H groups in total. The van der Waals surface area contributed by atoms with Crippen molar-refractivity contribution in [2.75, 3.05) is 11.9 Å². The Morgan fingerprint density at radius 2 is 2.20 bits per heavy atom. The minimum absolute atomic E-state index is 0.751. The molecule has 0 fully saturated rings. The number of fused-ring (bicyclic) bond motifs is 1. The lowest BCUT2D eigenvalue weighted by molar-refractivity contribution is 0.919. The average Bonchev–Trinajstić information content (AvgIpc) is 3.10. The van der Waals surface area contributed by atoms with E-state index in [-0.39, 0.29) is 0 Å². The van der Waals surface area contributed by atoms with Crippen LogP contribution in [-0.4, -0.2) is 31.3 Å². The first-order valence-corrected chi connectivity index (χ1v) is 8.16. The van der Waals surface area contributed by atoms with Crippen molar-refractivity contribution in [3.63, 3.8) is 0 Å². The first-order valence-electron chi connectivity index (χ1n) is 6.35. The van der Waals surface area contributed by atoms with Crippen LogP contribution in [0.2, 0.25) is 0 Å². The van der Waals surface area contributed by atoms with Crippen LogP contribution in [0.4, 0.5) is 5.13 Å². The van der Waals surface area contributed by atoms with Gasteiger partial charge in [-0.2, -0.15) is 0 Å². The van der Waals surface area contributed by atoms with Crippen LogP contribution in [0.1, 0.15) is 18.4 Å². The molecule has 0 aliphatic heterocycles. The number of rotatable bonds is 6. The molecule has 3 aromatic heterocycles. The molecule has 0 aromatic carbocycles. The Hall–Kier alpha value is -1.67. The molecule has 3 rings (SSSR count). The Bertz CT molecular complexity index is 692. The summed E-state index contributed by atoms with van der Waals surface area (Å²) in [5.41, 5.74) is 0.859. The van der Waals surface area contributed by atoms with Gasteiger partial charge < -0.3 is 5.32 Å². The van der Waals surface area contributed by atoms with Crippen LogP contribution in [-0.2, 0) is 5.75 Å². The second-order valence-corrected chi connectivity index (χ2v) is 6.13. The highest BCUT2D eigenvalue weighted by molar-refractivity contribution is 7.98. The number of pyridine rings is 1. The predicted molar refractivity (Wildman–Crippen MR) is 81.2 cm³/mol. The number of aromatic nitrogens is 5. The average molecular weight is 306 g/mol. The number of anilines is 1. The van der Waals surface area contributed by atoms with Crippen LogP contribution in [0.5, 0.6) is 0 Å². The fourth-order valence-electron chi connectivity index (χ4n) is 1.66. The van der Waals surface area contributed by atoms with Crippen LogP contribution in [0.25, 0.3) is 5.65 Å². The molecule has 0 aliphatic rings. The monoisotopic (exact) mass is 306 g/mol. The summed E-state index contributed by atoms with van der Waals surface area (Å²) in [7, 11) is 0. The van der Waals surface area contributed by atoms with Gasteiger partial charge >= 0.3 is 0 Å². The van der Waals surface area contributed by atoms with Gasteiger partial charge in [0.25, 0.3) is 0 Å². The number of thioether (sulfide) groups is 1. The first-order chi connectivity index (χ1) is 9.86. The van der Waals surface area contributed by atoms with Crippen molar-refractivity contribution in [3.8, 4) is 0 Å². The van der Waals surface area contributed by atoms with Crippen LogP contribution in [0.15, 0.2) is 29.6 Å². The molecule has 0 unspecified atom stereocenters. The van der Waals surface area contributed by atoms with Gasteiger partial charge in [-0.15, -0.1) is 20.4 Å². The zero-order valence-electron chi connectivity index (χ0n) is 11.0. The van der Waals surface area contributed by atoms with E-state index in [1.165, 1.54) is 0 Å². The molecule has 0 radical (unpaired) electrons. The number of nitrogens with zero attached hydrogens (tertiary/aromatic N) is 5. The highest BCUT2D eigenvalue weighted by Gasteiger charge is 2.08. The standard InChI is InChI=1S/C12H14N6S2/c1-2-6-13-11-16-15-10(20-11)8-19-12-17-14-9-5-3-4-7-18(9)12/h3-5,7H,2,6,8H2,1H3,(H,13,16). The summed E-state index contributed by atoms with van der Waals surface area (Å²) in [6.45, 7) is 3.05. The molecule has 8 heteroatoms. The molecule has 0 spiro atoms. The Morgan fingerprint density at radius 1 is 1.25 bits per heavy atom. The van der Waals surface area contributed by atoms with Crippen molar-refractivity contribution in [1.29, 1.82) is 0 Å². The van der Waals surface area contributed by atoms with Gasteiger partial charge in [-0.3, -0.25) is 4.40 Å². The van der Waals surface area contributed by atoms with E-state index < -0.39 is 0 Å². The van der Waals surface area contributed by atoms with Crippen LogP contribution in [0, 0.1) is 0 Å². The summed E-state index contributed by atoms with van der Waals surface area (Å²) in [5.74, 6) is 0.751. The summed E-state index contributed by atoms with van der Waals surface area (Å²) in [5, 5.41) is 22.6. The van der Waals surface area contributed by atoms with E-state index in [1.54, 1.807) is 23.1 Å². The van der Waals surface area contributed by atoms with Gasteiger partial charge in [0.2, 0.25) is 5.13 Å². The molecule has 0 amide bonds. The lowest BCUT2D eigenvalue weighted by atomic mass is 10.5. The fraction of sp³-hybridized carbons (Fsp3) is 0.333. The van der Waals surface area contributed by atoms with Crippen molar-refractivity contribution in [3.05, 3.63) is 29.4 Å². The smallest absolute Gasteiger partial charge is 0.205 e. The molecule has 3 aromatic rings. The summed E-state index contributed by atoms with van der Waals surface area (Å²) < 4.78 is 1.97. The van der Waals surface area contributed by atoms with E-state index in [2.05, 4.69) is 32.6 Å². The number of hydrogen-bond acceptors (Lipinski definition) is 7. The molecule has 6 nitrogen and oxygen atoms in total. The second kappa shape index (κ2) is 6.19. The maximum absolute atomic E-state index is 4.18. The largest absolute Gasteiger partial charge is 0.360 e. The molecular weight excluding hydrogens is 292 g/mol. The minimum Gasteiger partial charge on any atom is -0.360 e. The Balaban J connectivity index is 1.65. The summed E-state index contributed by atoms with van der Waals surface area (Å²) in [6.07, 6.45) is 3.04. The lowest BCUT2D eigenvalue weighted by Crippen LogP contribution is -1.98. The molecular formula is C12H14N6S2. The Morgan fingerprint density at radius 3 is 3.10 bits per heavy atom. The van der Waals surface area contributed by atoms with Gasteiger partial charge in [0, 0.05) is 12.7 Å². The third-order valence-electron chi connectivity index (χ3n) is 2.60. The third-order valence-corrected chi connectivity index (χ3v) is 4.62. The van der Waals surface area contributed by atoms with Gasteiger partial charge in [-0.1, -0.05) is 36.1 Å². The zero-order valence-corrected chi connectivity index (χ0v) is 12.6. The highest BCUT2D eigenvalue weighted by Crippen LogP contribution is 2.24. The van der Waals surface area contributed by atoms with Crippen molar-refractivity contribution in [2.24, 2.45) is 0 Å². The van der Waals surface area contributed by atoms with E-state index in [1.807, 2.05) is 28.8 Å². The molecule has 3 heterocycles. The van der Waals surface area contributed by atoms with Crippen LogP contribution in [0.3, 0.4) is 0 Å². The zero-order chi connectivity index (χ0) is 13.8. The minimum atomic E-state index is 0.751. The molecule has 0 bridgehead atoms. The molecule has 0 atom stereocenters. The molecule has 0 aliphatic carbocycles. The second-order valence-electron chi connectivity index (χ2n) is 4.13.